The van der Waals surface area contributed by atoms with E-state index in [1.807, 2.05) is 0 Å². The van der Waals surface area contributed by atoms with Crippen LogP contribution in [0.1, 0.15) is 49.3 Å². The molecule has 112 valence electrons. The van der Waals surface area contributed by atoms with Crippen molar-refractivity contribution in [3.05, 3.63) is 34.9 Å². The van der Waals surface area contributed by atoms with E-state index in [0.29, 0.717) is 17.0 Å². The van der Waals surface area contributed by atoms with E-state index in [2.05, 4.69) is 44.3 Å². The topological polar surface area (TPSA) is 29.1 Å². The molecule has 1 aliphatic rings. The van der Waals surface area contributed by atoms with Gasteiger partial charge in [-0.05, 0) is 51.6 Å². The fourth-order valence-corrected chi connectivity index (χ4v) is 4.72. The molecule has 0 saturated heterocycles. The number of rotatable bonds is 6. The lowest BCUT2D eigenvalue weighted by molar-refractivity contribution is 0.523. The van der Waals surface area contributed by atoms with Crippen molar-refractivity contribution in [2.24, 2.45) is 0 Å². The van der Waals surface area contributed by atoms with Crippen LogP contribution in [0.25, 0.3) is 0 Å². The third kappa shape index (κ3) is 4.42. The smallest absolute Gasteiger partial charge is 0.0488 e. The van der Waals surface area contributed by atoms with Crippen molar-refractivity contribution in [2.45, 2.75) is 63.5 Å². The van der Waals surface area contributed by atoms with Crippen molar-refractivity contribution < 1.29 is 4.21 Å². The third-order valence-electron chi connectivity index (χ3n) is 4.03. The monoisotopic (exact) mass is 293 g/mol. The average molecular weight is 293 g/mol. The van der Waals surface area contributed by atoms with Gasteiger partial charge in [-0.25, -0.2) is 0 Å². The summed E-state index contributed by atoms with van der Waals surface area (Å²) >= 11 is 0. The van der Waals surface area contributed by atoms with Gasteiger partial charge in [-0.1, -0.05) is 36.2 Å². The Labute approximate surface area is 125 Å². The minimum atomic E-state index is -0.729. The molecular weight excluding hydrogens is 266 g/mol. The van der Waals surface area contributed by atoms with Gasteiger partial charge in [0.2, 0.25) is 0 Å². The molecule has 0 bridgehead atoms. The molecule has 1 fully saturated rings. The zero-order valence-electron chi connectivity index (χ0n) is 12.9. The zero-order chi connectivity index (χ0) is 14.5. The molecular formula is C17H27NOS. The van der Waals surface area contributed by atoms with Crippen molar-refractivity contribution in [1.82, 2.24) is 5.32 Å². The van der Waals surface area contributed by atoms with Gasteiger partial charge in [0.1, 0.15) is 0 Å². The molecule has 3 unspecified atom stereocenters. The van der Waals surface area contributed by atoms with Gasteiger partial charge in [-0.2, -0.15) is 0 Å². The molecule has 1 aliphatic carbocycles. The summed E-state index contributed by atoms with van der Waals surface area (Å²) in [7, 11) is -0.729. The molecule has 2 nitrogen and oxygen atoms in total. The molecule has 3 heteroatoms. The van der Waals surface area contributed by atoms with Crippen LogP contribution in [0.3, 0.4) is 0 Å². The van der Waals surface area contributed by atoms with E-state index in [9.17, 15) is 4.21 Å². The number of hydrogen-bond acceptors (Lipinski definition) is 2. The molecule has 0 heterocycles. The predicted molar refractivity (Wildman–Crippen MR) is 87.5 cm³/mol. The van der Waals surface area contributed by atoms with Crippen LogP contribution in [0.5, 0.6) is 0 Å². The Hall–Kier alpha value is -0.670. The Morgan fingerprint density at radius 3 is 2.55 bits per heavy atom. The van der Waals surface area contributed by atoms with Crippen molar-refractivity contribution in [2.75, 3.05) is 6.54 Å². The highest BCUT2D eigenvalue weighted by molar-refractivity contribution is 7.84. The number of hydrogen-bond donors (Lipinski definition) is 1. The first-order chi connectivity index (χ1) is 9.58. The van der Waals surface area contributed by atoms with Crippen LogP contribution in [-0.4, -0.2) is 22.0 Å². The second-order valence-electron chi connectivity index (χ2n) is 6.11. The Morgan fingerprint density at radius 2 is 1.90 bits per heavy atom. The minimum absolute atomic E-state index is 0.380. The first-order valence-electron chi connectivity index (χ1n) is 7.76. The van der Waals surface area contributed by atoms with Crippen LogP contribution in [0, 0.1) is 13.8 Å². The lowest BCUT2D eigenvalue weighted by Crippen LogP contribution is -2.28. The van der Waals surface area contributed by atoms with Crippen molar-refractivity contribution in [3.63, 3.8) is 0 Å². The Bertz CT molecular complexity index is 452. The van der Waals surface area contributed by atoms with E-state index in [4.69, 9.17) is 0 Å². The molecule has 2 rings (SSSR count). The third-order valence-corrected chi connectivity index (χ3v) is 5.82. The molecule has 1 aromatic carbocycles. The number of aryl methyl sites for hydroxylation is 2. The van der Waals surface area contributed by atoms with E-state index < -0.39 is 10.8 Å². The van der Waals surface area contributed by atoms with E-state index in [-0.39, 0.29) is 0 Å². The van der Waals surface area contributed by atoms with Gasteiger partial charge < -0.3 is 5.32 Å². The highest BCUT2D eigenvalue weighted by atomic mass is 32.2. The highest BCUT2D eigenvalue weighted by Gasteiger charge is 2.28. The summed E-state index contributed by atoms with van der Waals surface area (Å²) in [4.78, 5) is 0. The summed E-state index contributed by atoms with van der Waals surface area (Å²) in [6.07, 6.45) is 4.55. The maximum atomic E-state index is 12.5. The summed E-state index contributed by atoms with van der Waals surface area (Å²) in [5, 5.41) is 3.94. The average Bonchev–Trinajstić information content (AvgIpc) is 2.83. The maximum absolute atomic E-state index is 12.5. The van der Waals surface area contributed by atoms with Crippen LogP contribution in [-0.2, 0) is 16.6 Å². The summed E-state index contributed by atoms with van der Waals surface area (Å²) in [6.45, 7) is 7.50. The fourth-order valence-electron chi connectivity index (χ4n) is 3.15. The standard InChI is InChI=1S/C17H27NOS/c1-4-7-18-16-5-6-17(11-16)20(19)12-15-9-13(2)8-14(3)10-15/h8-10,16-18H,4-7,11-12H2,1-3H3. The Kier molecular flexibility index (Phi) is 5.79. The summed E-state index contributed by atoms with van der Waals surface area (Å²) in [5.74, 6) is 0.716. The second-order valence-corrected chi connectivity index (χ2v) is 7.82. The lowest BCUT2D eigenvalue weighted by Gasteiger charge is -2.13. The van der Waals surface area contributed by atoms with E-state index in [1.54, 1.807) is 0 Å². The normalized spacial score (nSPS) is 23.9. The van der Waals surface area contributed by atoms with Crippen LogP contribution in [0.15, 0.2) is 18.2 Å². The SMILES string of the molecule is CCCNC1CCC(S(=O)Cc2cc(C)cc(C)c2)C1. The van der Waals surface area contributed by atoms with Gasteiger partial charge >= 0.3 is 0 Å². The first kappa shape index (κ1) is 15.7. The molecule has 1 aromatic rings. The summed E-state index contributed by atoms with van der Waals surface area (Å²) < 4.78 is 12.5. The quantitative estimate of drug-likeness (QED) is 0.870. The van der Waals surface area contributed by atoms with E-state index in [0.717, 1.165) is 19.4 Å². The van der Waals surface area contributed by atoms with Gasteiger partial charge in [0.25, 0.3) is 0 Å². The largest absolute Gasteiger partial charge is 0.314 e. The van der Waals surface area contributed by atoms with Crippen LogP contribution in [0.4, 0.5) is 0 Å². The number of benzene rings is 1. The van der Waals surface area contributed by atoms with Crippen molar-refractivity contribution in [1.29, 1.82) is 0 Å². The molecule has 0 spiro atoms. The molecule has 20 heavy (non-hydrogen) atoms. The van der Waals surface area contributed by atoms with Gasteiger partial charge in [-0.3, -0.25) is 4.21 Å². The Balaban J connectivity index is 1.89. The maximum Gasteiger partial charge on any atom is 0.0488 e. The van der Waals surface area contributed by atoms with Gasteiger partial charge in [-0.15, -0.1) is 0 Å². The van der Waals surface area contributed by atoms with E-state index in [1.165, 1.54) is 29.5 Å². The zero-order valence-corrected chi connectivity index (χ0v) is 13.8. The molecule has 0 aliphatic heterocycles. The first-order valence-corrected chi connectivity index (χ1v) is 9.14. The molecule has 1 saturated carbocycles. The van der Waals surface area contributed by atoms with Gasteiger partial charge in [0, 0.05) is 27.8 Å². The van der Waals surface area contributed by atoms with E-state index >= 15 is 0 Å². The van der Waals surface area contributed by atoms with Gasteiger partial charge in [0.05, 0.1) is 0 Å². The van der Waals surface area contributed by atoms with Crippen molar-refractivity contribution in [3.8, 4) is 0 Å². The summed E-state index contributed by atoms with van der Waals surface area (Å²) in [5.41, 5.74) is 3.77. The van der Waals surface area contributed by atoms with Crippen LogP contribution in [0.2, 0.25) is 0 Å². The lowest BCUT2D eigenvalue weighted by atomic mass is 10.1. The number of nitrogens with one attached hydrogen (secondary N) is 1. The summed E-state index contributed by atoms with van der Waals surface area (Å²) in [6, 6.07) is 7.11. The van der Waals surface area contributed by atoms with Crippen LogP contribution < -0.4 is 5.32 Å². The molecule has 1 N–H and O–H groups in total. The molecule has 3 atom stereocenters. The molecule has 0 aromatic heterocycles. The Morgan fingerprint density at radius 1 is 1.20 bits per heavy atom. The van der Waals surface area contributed by atoms with Gasteiger partial charge in [0.15, 0.2) is 0 Å². The molecule has 0 radical (unpaired) electrons. The van der Waals surface area contributed by atoms with Crippen LogP contribution >= 0.6 is 0 Å². The highest BCUT2D eigenvalue weighted by Crippen LogP contribution is 2.26. The van der Waals surface area contributed by atoms with Crippen molar-refractivity contribution >= 4 is 10.8 Å². The fraction of sp³-hybridized carbons (Fsp3) is 0.647. The molecule has 0 amide bonds. The minimum Gasteiger partial charge on any atom is -0.314 e. The second kappa shape index (κ2) is 7.37. The predicted octanol–water partition coefficient (Wildman–Crippen LogP) is 3.47.